The summed E-state index contributed by atoms with van der Waals surface area (Å²) in [5, 5.41) is 1.49. The molecule has 2 nitrogen and oxygen atoms in total. The molecule has 0 aliphatic rings. The molecule has 2 aromatic carbocycles. The van der Waals surface area contributed by atoms with Gasteiger partial charge in [0, 0.05) is 11.4 Å². The van der Waals surface area contributed by atoms with E-state index in [1.807, 2.05) is 9.13 Å². The van der Waals surface area contributed by atoms with E-state index in [-0.39, 0.29) is 0 Å². The monoisotopic (exact) mass is 400 g/mol. The summed E-state index contributed by atoms with van der Waals surface area (Å²) < 4.78 is 4.63. The maximum atomic E-state index is 5.81. The van der Waals surface area contributed by atoms with Gasteiger partial charge in [-0.1, -0.05) is 52.0 Å². The number of hydrogen-bond donors (Lipinski definition) is 2. The minimum atomic E-state index is 0.452. The van der Waals surface area contributed by atoms with Gasteiger partial charge >= 0.3 is 0 Å². The van der Waals surface area contributed by atoms with Crippen LogP contribution in [-0.4, -0.2) is 9.13 Å². The second-order valence-corrected chi connectivity index (χ2v) is 8.31. The van der Waals surface area contributed by atoms with Gasteiger partial charge < -0.3 is 0 Å². The lowest BCUT2D eigenvalue weighted by atomic mass is 10.0. The van der Waals surface area contributed by atoms with Crippen molar-refractivity contribution in [1.29, 1.82) is 0 Å². The van der Waals surface area contributed by atoms with Gasteiger partial charge in [-0.15, -0.1) is 25.3 Å². The number of thiol groups is 2. The van der Waals surface area contributed by atoms with Crippen molar-refractivity contribution in [2.24, 2.45) is 0 Å². The third kappa shape index (κ3) is 3.53. The van der Waals surface area contributed by atoms with Crippen LogP contribution in [0.1, 0.15) is 50.7 Å². The largest absolute Gasteiger partial charge is 0.279 e. The number of benzene rings is 2. The van der Waals surface area contributed by atoms with Gasteiger partial charge in [-0.25, -0.2) is 0 Å². The van der Waals surface area contributed by atoms with E-state index >= 15 is 0 Å². The maximum Gasteiger partial charge on any atom is 0.190 e. The van der Waals surface area contributed by atoms with Crippen molar-refractivity contribution in [3.63, 3.8) is 0 Å². The summed E-state index contributed by atoms with van der Waals surface area (Å²) in [6.45, 7) is 8.75. The first-order chi connectivity index (χ1) is 12.3. The first kappa shape index (κ1) is 19.3. The molecule has 0 radical (unpaired) electrons. The molecule has 0 atom stereocenters. The zero-order valence-corrected chi connectivity index (χ0v) is 18.1. The predicted octanol–water partition coefficient (Wildman–Crippen LogP) is 6.82. The molecule has 3 aromatic rings. The summed E-state index contributed by atoms with van der Waals surface area (Å²) in [5.41, 5.74) is 4.57. The quantitative estimate of drug-likeness (QED) is 0.361. The van der Waals surface area contributed by atoms with Crippen molar-refractivity contribution in [3.05, 3.63) is 64.4 Å². The predicted molar refractivity (Wildman–Crippen MR) is 119 cm³/mol. The number of nitrogens with zero attached hydrogens (tertiary/aromatic N) is 2. The Morgan fingerprint density at radius 2 is 1.12 bits per heavy atom. The Balaban J connectivity index is 2.20. The molecule has 3 rings (SSSR count). The third-order valence-electron chi connectivity index (χ3n) is 4.60. The number of hydrogen-bond acceptors (Lipinski definition) is 3. The van der Waals surface area contributed by atoms with Crippen molar-refractivity contribution in [2.75, 3.05) is 0 Å². The summed E-state index contributed by atoms with van der Waals surface area (Å²) in [5.74, 6) is 0.903. The van der Waals surface area contributed by atoms with E-state index in [1.165, 1.54) is 11.1 Å². The second-order valence-electron chi connectivity index (χ2n) is 7.10. The summed E-state index contributed by atoms with van der Waals surface area (Å²) in [4.78, 5) is 0. The highest BCUT2D eigenvalue weighted by Crippen LogP contribution is 2.30. The van der Waals surface area contributed by atoms with Gasteiger partial charge in [-0.05, 0) is 59.4 Å². The zero-order valence-electron chi connectivity index (χ0n) is 15.5. The molecule has 136 valence electrons. The van der Waals surface area contributed by atoms with Crippen LogP contribution in [0.25, 0.3) is 11.4 Å². The molecular formula is C21H24N2S3. The van der Waals surface area contributed by atoms with E-state index in [0.717, 1.165) is 21.4 Å². The number of imidazole rings is 1. The highest BCUT2D eigenvalue weighted by molar-refractivity contribution is 7.83. The van der Waals surface area contributed by atoms with Crippen LogP contribution in [0.4, 0.5) is 0 Å². The highest BCUT2D eigenvalue weighted by atomic mass is 32.1. The van der Waals surface area contributed by atoms with Crippen molar-refractivity contribution < 1.29 is 0 Å². The first-order valence-corrected chi connectivity index (χ1v) is 10.1. The molecule has 1 heterocycles. The Labute approximate surface area is 171 Å². The average Bonchev–Trinajstić information content (AvgIpc) is 2.84. The molecule has 0 N–H and O–H groups in total. The van der Waals surface area contributed by atoms with Crippen LogP contribution in [0.15, 0.2) is 58.6 Å². The van der Waals surface area contributed by atoms with Crippen LogP contribution < -0.4 is 0 Å². The van der Waals surface area contributed by atoms with Gasteiger partial charge in [-0.3, -0.25) is 9.13 Å². The standard InChI is InChI=1S/C21H24N2S3/c1-13(2)15-7-5-9-17(11-15)22-19(24)20(25)23(21(22)26)18-10-6-8-16(12-18)14(3)4/h5-14,24-25H,1-4H3. The van der Waals surface area contributed by atoms with E-state index in [0.29, 0.717) is 16.6 Å². The molecule has 26 heavy (non-hydrogen) atoms. The molecule has 0 aliphatic heterocycles. The summed E-state index contributed by atoms with van der Waals surface area (Å²) >= 11 is 15.2. The average molecular weight is 401 g/mol. The lowest BCUT2D eigenvalue weighted by Gasteiger charge is -2.11. The molecule has 0 aliphatic carbocycles. The summed E-state index contributed by atoms with van der Waals surface area (Å²) in [7, 11) is 0. The zero-order chi connectivity index (χ0) is 19.0. The van der Waals surface area contributed by atoms with E-state index in [9.17, 15) is 0 Å². The Bertz CT molecular complexity index is 919. The normalized spacial score (nSPS) is 11.5. The lowest BCUT2D eigenvalue weighted by Crippen LogP contribution is -2.00. The van der Waals surface area contributed by atoms with Gasteiger partial charge in [0.1, 0.15) is 10.1 Å². The molecule has 0 unspecified atom stereocenters. The number of aromatic nitrogens is 2. The number of rotatable bonds is 4. The minimum Gasteiger partial charge on any atom is -0.279 e. The van der Waals surface area contributed by atoms with Crippen LogP contribution in [0.3, 0.4) is 0 Å². The molecule has 0 amide bonds. The highest BCUT2D eigenvalue weighted by Gasteiger charge is 2.16. The van der Waals surface area contributed by atoms with Gasteiger partial charge in [0.2, 0.25) is 0 Å². The van der Waals surface area contributed by atoms with Crippen molar-refractivity contribution in [1.82, 2.24) is 9.13 Å². The molecule has 0 spiro atoms. The van der Waals surface area contributed by atoms with Gasteiger partial charge in [0.05, 0.1) is 0 Å². The van der Waals surface area contributed by atoms with Crippen LogP contribution in [0, 0.1) is 4.77 Å². The van der Waals surface area contributed by atoms with E-state index in [2.05, 4.69) is 76.2 Å². The molecular weight excluding hydrogens is 376 g/mol. The van der Waals surface area contributed by atoms with Crippen molar-refractivity contribution in [2.45, 2.75) is 49.6 Å². The van der Waals surface area contributed by atoms with Crippen LogP contribution in [-0.2, 0) is 0 Å². The summed E-state index contributed by atoms with van der Waals surface area (Å²) in [6, 6.07) is 16.9. The smallest absolute Gasteiger partial charge is 0.190 e. The Morgan fingerprint density at radius 1 is 0.731 bits per heavy atom. The molecule has 5 heteroatoms. The van der Waals surface area contributed by atoms with E-state index in [4.69, 9.17) is 37.5 Å². The fourth-order valence-corrected chi connectivity index (χ4v) is 4.14. The molecule has 0 saturated heterocycles. The lowest BCUT2D eigenvalue weighted by molar-refractivity contribution is 0.851. The topological polar surface area (TPSA) is 9.86 Å². The molecule has 0 saturated carbocycles. The molecule has 0 fully saturated rings. The third-order valence-corrected chi connectivity index (χ3v) is 5.96. The SMILES string of the molecule is CC(C)c1cccc(-n2c(S)c(S)n(-c3cccc(C(C)C)c3)c2=S)c1. The fourth-order valence-electron chi connectivity index (χ4n) is 2.99. The Kier molecular flexibility index (Phi) is 5.70. The van der Waals surface area contributed by atoms with E-state index < -0.39 is 0 Å². The van der Waals surface area contributed by atoms with Crippen LogP contribution in [0.2, 0.25) is 0 Å². The van der Waals surface area contributed by atoms with Crippen LogP contribution >= 0.6 is 37.5 Å². The maximum absolute atomic E-state index is 5.81. The Hall–Kier alpha value is -1.43. The van der Waals surface area contributed by atoms with Crippen molar-refractivity contribution in [3.8, 4) is 11.4 Å². The summed E-state index contributed by atoms with van der Waals surface area (Å²) in [6.07, 6.45) is 0. The fraction of sp³-hybridized carbons (Fsp3) is 0.286. The van der Waals surface area contributed by atoms with Crippen LogP contribution in [0.5, 0.6) is 0 Å². The van der Waals surface area contributed by atoms with Gasteiger partial charge in [0.15, 0.2) is 4.77 Å². The van der Waals surface area contributed by atoms with Gasteiger partial charge in [0.25, 0.3) is 0 Å². The van der Waals surface area contributed by atoms with E-state index in [1.54, 1.807) is 0 Å². The molecule has 0 bridgehead atoms. The minimum absolute atomic E-state index is 0.452. The first-order valence-electron chi connectivity index (χ1n) is 8.77. The van der Waals surface area contributed by atoms with Crippen molar-refractivity contribution >= 4 is 37.5 Å². The second kappa shape index (κ2) is 7.67. The Morgan fingerprint density at radius 3 is 1.46 bits per heavy atom. The molecule has 1 aromatic heterocycles. The van der Waals surface area contributed by atoms with Gasteiger partial charge in [-0.2, -0.15) is 0 Å².